The molecule has 0 radical (unpaired) electrons. The average Bonchev–Trinajstić information content (AvgIpc) is 3.27. The first kappa shape index (κ1) is 21.3. The summed E-state index contributed by atoms with van der Waals surface area (Å²) in [6, 6.07) is 11.4. The summed E-state index contributed by atoms with van der Waals surface area (Å²) >= 11 is 0. The molecule has 0 aliphatic carbocycles. The summed E-state index contributed by atoms with van der Waals surface area (Å²) in [5, 5.41) is 4.20. The van der Waals surface area contributed by atoms with E-state index in [9.17, 15) is 4.79 Å². The Labute approximate surface area is 185 Å². The highest BCUT2D eigenvalue weighted by molar-refractivity contribution is 5.80. The monoisotopic (exact) mass is 432 g/mol. The Hall–Kier alpha value is -3.98. The number of hydrazine groups is 1. The molecule has 0 spiro atoms. The van der Waals surface area contributed by atoms with E-state index in [0.717, 1.165) is 33.4 Å². The molecule has 1 unspecified atom stereocenters. The third-order valence-corrected chi connectivity index (χ3v) is 5.30. The van der Waals surface area contributed by atoms with Gasteiger partial charge >= 0.3 is 0 Å². The number of hydrogen-bond acceptors (Lipinski definition) is 7. The predicted molar refractivity (Wildman–Crippen MR) is 120 cm³/mol. The van der Waals surface area contributed by atoms with Gasteiger partial charge in [0.15, 0.2) is 0 Å². The summed E-state index contributed by atoms with van der Waals surface area (Å²) in [4.78, 5) is 21.6. The zero-order chi connectivity index (χ0) is 22.7. The van der Waals surface area contributed by atoms with Crippen LogP contribution in [-0.4, -0.2) is 39.9 Å². The largest absolute Gasteiger partial charge is 0.497 e. The summed E-state index contributed by atoms with van der Waals surface area (Å²) in [5.74, 6) is 6.08. The van der Waals surface area contributed by atoms with Crippen molar-refractivity contribution in [2.75, 3.05) is 14.2 Å². The number of aryl methyl sites for hydroxylation is 1. The molecule has 2 aromatic heterocycles. The molecule has 2 heterocycles. The molecule has 0 saturated carbocycles. The maximum Gasteiger partial charge on any atom is 0.234 e. The fourth-order valence-electron chi connectivity index (χ4n) is 3.64. The van der Waals surface area contributed by atoms with Crippen LogP contribution in [0.2, 0.25) is 0 Å². The Kier molecular flexibility index (Phi) is 6.00. The first-order valence-corrected chi connectivity index (χ1v) is 9.99. The SMILES string of the molecule is COc1cc(OC)cc(C(CC(=O)NN)c2ccc3ncc(-c4cnn(C)c4)nc3c2)c1. The van der Waals surface area contributed by atoms with Crippen molar-refractivity contribution < 1.29 is 14.3 Å². The highest BCUT2D eigenvalue weighted by Crippen LogP contribution is 2.34. The van der Waals surface area contributed by atoms with Gasteiger partial charge in [-0.1, -0.05) is 6.07 Å². The Bertz CT molecular complexity index is 1250. The number of benzene rings is 2. The molecule has 1 amide bonds. The summed E-state index contributed by atoms with van der Waals surface area (Å²) in [6.07, 6.45) is 5.51. The van der Waals surface area contributed by atoms with Crippen LogP contribution < -0.4 is 20.7 Å². The maximum atomic E-state index is 12.2. The molecule has 4 aromatic rings. The van der Waals surface area contributed by atoms with Crippen LogP contribution in [0, 0.1) is 0 Å². The molecule has 2 aromatic carbocycles. The van der Waals surface area contributed by atoms with Crippen molar-refractivity contribution >= 4 is 16.9 Å². The second kappa shape index (κ2) is 9.03. The number of nitrogens with zero attached hydrogens (tertiary/aromatic N) is 4. The van der Waals surface area contributed by atoms with Gasteiger partial charge in [-0.2, -0.15) is 5.10 Å². The predicted octanol–water partition coefficient (Wildman–Crippen LogP) is 2.56. The smallest absolute Gasteiger partial charge is 0.234 e. The van der Waals surface area contributed by atoms with E-state index >= 15 is 0 Å². The van der Waals surface area contributed by atoms with E-state index in [4.69, 9.17) is 20.3 Å². The van der Waals surface area contributed by atoms with E-state index in [1.807, 2.05) is 43.6 Å². The number of methoxy groups -OCH3 is 2. The fraction of sp³-hybridized carbons (Fsp3) is 0.217. The number of carbonyl (C=O) groups excluding carboxylic acids is 1. The van der Waals surface area contributed by atoms with Gasteiger partial charge < -0.3 is 9.47 Å². The minimum atomic E-state index is -0.296. The lowest BCUT2D eigenvalue weighted by Gasteiger charge is -2.19. The van der Waals surface area contributed by atoms with Crippen molar-refractivity contribution in [3.05, 3.63) is 66.1 Å². The first-order valence-electron chi connectivity index (χ1n) is 9.99. The fourth-order valence-corrected chi connectivity index (χ4v) is 3.64. The van der Waals surface area contributed by atoms with Crippen LogP contribution in [0.15, 0.2) is 55.0 Å². The molecule has 0 aliphatic rings. The molecular formula is C23H24N6O3. The maximum absolute atomic E-state index is 12.2. The summed E-state index contributed by atoms with van der Waals surface area (Å²) in [7, 11) is 5.03. The van der Waals surface area contributed by atoms with Crippen LogP contribution in [-0.2, 0) is 11.8 Å². The van der Waals surface area contributed by atoms with Crippen molar-refractivity contribution in [1.29, 1.82) is 0 Å². The molecule has 32 heavy (non-hydrogen) atoms. The number of ether oxygens (including phenoxy) is 2. The normalized spacial score (nSPS) is 11.9. The standard InChI is InChI=1S/C23H24N6O3/c1-29-13-16(11-26-29)22-12-25-20-5-4-14(8-21(20)27-22)19(10-23(30)28-24)15-6-17(31-2)9-18(7-15)32-3/h4-9,11-13,19H,10,24H2,1-3H3,(H,28,30). The van der Waals surface area contributed by atoms with Gasteiger partial charge in [0, 0.05) is 37.2 Å². The van der Waals surface area contributed by atoms with Crippen molar-refractivity contribution in [1.82, 2.24) is 25.2 Å². The number of amides is 1. The highest BCUT2D eigenvalue weighted by atomic mass is 16.5. The first-order chi connectivity index (χ1) is 15.5. The number of carbonyl (C=O) groups is 1. The van der Waals surface area contributed by atoms with Gasteiger partial charge in [0.1, 0.15) is 11.5 Å². The number of hydrogen-bond donors (Lipinski definition) is 2. The van der Waals surface area contributed by atoms with Gasteiger partial charge in [-0.05, 0) is 35.4 Å². The lowest BCUT2D eigenvalue weighted by molar-refractivity contribution is -0.121. The molecule has 0 bridgehead atoms. The van der Waals surface area contributed by atoms with Gasteiger partial charge in [0.25, 0.3) is 0 Å². The Morgan fingerprint density at radius 3 is 2.44 bits per heavy atom. The van der Waals surface area contributed by atoms with Crippen LogP contribution in [0.25, 0.3) is 22.3 Å². The van der Waals surface area contributed by atoms with Gasteiger partial charge in [-0.15, -0.1) is 0 Å². The third kappa shape index (κ3) is 4.37. The van der Waals surface area contributed by atoms with E-state index in [-0.39, 0.29) is 18.2 Å². The van der Waals surface area contributed by atoms with E-state index in [1.54, 1.807) is 37.4 Å². The van der Waals surface area contributed by atoms with Crippen molar-refractivity contribution in [3.63, 3.8) is 0 Å². The van der Waals surface area contributed by atoms with E-state index in [2.05, 4.69) is 15.5 Å². The van der Waals surface area contributed by atoms with Gasteiger partial charge in [0.2, 0.25) is 5.91 Å². The van der Waals surface area contributed by atoms with Gasteiger partial charge in [0.05, 0.1) is 43.3 Å². The molecule has 0 fully saturated rings. The van der Waals surface area contributed by atoms with Crippen LogP contribution >= 0.6 is 0 Å². The molecule has 0 aliphatic heterocycles. The van der Waals surface area contributed by atoms with Gasteiger partial charge in [-0.3, -0.25) is 19.9 Å². The van der Waals surface area contributed by atoms with Gasteiger partial charge in [-0.25, -0.2) is 10.8 Å². The highest BCUT2D eigenvalue weighted by Gasteiger charge is 2.21. The van der Waals surface area contributed by atoms with E-state index < -0.39 is 0 Å². The lowest BCUT2D eigenvalue weighted by Crippen LogP contribution is -2.31. The third-order valence-electron chi connectivity index (χ3n) is 5.30. The number of fused-ring (bicyclic) bond motifs is 1. The summed E-state index contributed by atoms with van der Waals surface area (Å²) in [6.45, 7) is 0. The second-order valence-corrected chi connectivity index (χ2v) is 7.38. The van der Waals surface area contributed by atoms with Crippen LogP contribution in [0.3, 0.4) is 0 Å². The van der Waals surface area contributed by atoms with Crippen molar-refractivity contribution in [2.45, 2.75) is 12.3 Å². The number of aromatic nitrogens is 4. The topological polar surface area (TPSA) is 117 Å². The number of nitrogens with one attached hydrogen (secondary N) is 1. The minimum absolute atomic E-state index is 0.147. The molecule has 9 nitrogen and oxygen atoms in total. The lowest BCUT2D eigenvalue weighted by atomic mass is 9.87. The van der Waals surface area contributed by atoms with Crippen molar-refractivity contribution in [2.24, 2.45) is 12.9 Å². The van der Waals surface area contributed by atoms with E-state index in [1.165, 1.54) is 0 Å². The zero-order valence-electron chi connectivity index (χ0n) is 18.1. The van der Waals surface area contributed by atoms with Crippen molar-refractivity contribution in [3.8, 4) is 22.8 Å². The molecule has 3 N–H and O–H groups in total. The quantitative estimate of drug-likeness (QED) is 0.262. The average molecular weight is 432 g/mol. The van der Waals surface area contributed by atoms with Crippen LogP contribution in [0.1, 0.15) is 23.5 Å². The minimum Gasteiger partial charge on any atom is -0.497 e. The molecule has 4 rings (SSSR count). The molecule has 0 saturated heterocycles. The molecular weight excluding hydrogens is 408 g/mol. The number of nitrogens with two attached hydrogens (primary N) is 1. The van der Waals surface area contributed by atoms with E-state index in [0.29, 0.717) is 11.5 Å². The van der Waals surface area contributed by atoms with Crippen LogP contribution in [0.5, 0.6) is 11.5 Å². The molecule has 1 atom stereocenters. The Morgan fingerprint density at radius 2 is 1.81 bits per heavy atom. The molecule has 9 heteroatoms. The molecule has 164 valence electrons. The summed E-state index contributed by atoms with van der Waals surface area (Å²) in [5.41, 5.74) is 7.06. The second-order valence-electron chi connectivity index (χ2n) is 7.38. The van der Waals surface area contributed by atoms with Crippen LogP contribution in [0.4, 0.5) is 0 Å². The number of rotatable bonds is 7. The Balaban J connectivity index is 1.81. The Morgan fingerprint density at radius 1 is 1.06 bits per heavy atom. The summed E-state index contributed by atoms with van der Waals surface area (Å²) < 4.78 is 12.5. The zero-order valence-corrected chi connectivity index (χ0v) is 18.1.